The third kappa shape index (κ3) is 3.80. The fraction of sp³-hybridized carbons (Fsp3) is 0.583. The number of aliphatic hydroxyl groups excluding tert-OH is 1. The Balaban J connectivity index is 1.16. The number of piperidine rings is 2. The van der Waals surface area contributed by atoms with E-state index in [0.29, 0.717) is 30.7 Å². The van der Waals surface area contributed by atoms with Crippen molar-refractivity contribution in [2.24, 2.45) is 5.41 Å². The first-order valence-electron chi connectivity index (χ1n) is 11.4. The van der Waals surface area contributed by atoms with Crippen molar-refractivity contribution < 1.29 is 24.2 Å². The Labute approximate surface area is 192 Å². The lowest BCUT2D eigenvalue weighted by Crippen LogP contribution is -2.47. The monoisotopic (exact) mass is 460 g/mol. The van der Waals surface area contributed by atoms with Gasteiger partial charge < -0.3 is 24.4 Å². The number of fused-ring (bicyclic) bond motifs is 1. The van der Waals surface area contributed by atoms with Crippen molar-refractivity contribution in [3.05, 3.63) is 45.1 Å². The summed E-state index contributed by atoms with van der Waals surface area (Å²) < 4.78 is 10.2. The fourth-order valence-electron chi connectivity index (χ4n) is 5.64. The second kappa shape index (κ2) is 8.36. The highest BCUT2D eigenvalue weighted by atomic mass is 35.5. The SMILES string of the molecule is Cc1c([C@@H](O)CN2CCC3(CC2)CCN(C2=C(Cl)C(=O)OC2)CC3)ccc2c1COC2=O. The van der Waals surface area contributed by atoms with Gasteiger partial charge in [-0.25, -0.2) is 9.59 Å². The van der Waals surface area contributed by atoms with Crippen molar-refractivity contribution in [3.8, 4) is 0 Å². The highest BCUT2D eigenvalue weighted by Crippen LogP contribution is 2.43. The van der Waals surface area contributed by atoms with E-state index in [0.717, 1.165) is 74.2 Å². The van der Waals surface area contributed by atoms with Crippen molar-refractivity contribution >= 4 is 23.5 Å². The summed E-state index contributed by atoms with van der Waals surface area (Å²) in [4.78, 5) is 27.9. The summed E-state index contributed by atoms with van der Waals surface area (Å²) in [5, 5.41) is 11.2. The van der Waals surface area contributed by atoms with E-state index in [1.807, 2.05) is 13.0 Å². The maximum absolute atomic E-state index is 11.8. The number of nitrogens with zero attached hydrogens (tertiary/aromatic N) is 2. The Kier molecular flexibility index (Phi) is 5.68. The van der Waals surface area contributed by atoms with Crippen molar-refractivity contribution in [2.75, 3.05) is 39.3 Å². The topological polar surface area (TPSA) is 79.3 Å². The summed E-state index contributed by atoms with van der Waals surface area (Å²) in [7, 11) is 0. The number of carbonyl (C=O) groups excluding carboxylic acids is 2. The number of hydrogen-bond acceptors (Lipinski definition) is 7. The average Bonchev–Trinajstić information content (AvgIpc) is 3.34. The largest absolute Gasteiger partial charge is 0.457 e. The Morgan fingerprint density at radius 2 is 1.69 bits per heavy atom. The predicted molar refractivity (Wildman–Crippen MR) is 118 cm³/mol. The van der Waals surface area contributed by atoms with Gasteiger partial charge in [-0.1, -0.05) is 17.7 Å². The number of aliphatic hydroxyl groups is 1. The fourth-order valence-corrected chi connectivity index (χ4v) is 5.87. The van der Waals surface area contributed by atoms with E-state index in [1.54, 1.807) is 6.07 Å². The van der Waals surface area contributed by atoms with Gasteiger partial charge >= 0.3 is 11.9 Å². The zero-order valence-corrected chi connectivity index (χ0v) is 19.1. The molecule has 1 N–H and O–H groups in total. The number of β-amino-alcohol motifs (C(OH)–C–C–N with tert-alkyl or cyclic N) is 1. The minimum Gasteiger partial charge on any atom is -0.457 e. The summed E-state index contributed by atoms with van der Waals surface area (Å²) >= 11 is 6.12. The third-order valence-corrected chi connectivity index (χ3v) is 8.27. The van der Waals surface area contributed by atoms with Crippen LogP contribution in [-0.2, 0) is 20.9 Å². The van der Waals surface area contributed by atoms with Crippen LogP contribution in [0.15, 0.2) is 22.9 Å². The smallest absolute Gasteiger partial charge is 0.352 e. The maximum Gasteiger partial charge on any atom is 0.352 e. The van der Waals surface area contributed by atoms with E-state index in [-0.39, 0.29) is 11.0 Å². The summed E-state index contributed by atoms with van der Waals surface area (Å²) in [6, 6.07) is 3.64. The van der Waals surface area contributed by atoms with Gasteiger partial charge in [-0.3, -0.25) is 0 Å². The van der Waals surface area contributed by atoms with Gasteiger partial charge in [0.25, 0.3) is 0 Å². The standard InChI is InChI=1S/C24H29ClN2O5/c1-15-16(2-3-17-18(15)13-31-22(17)29)20(28)12-26-8-4-24(5-9-26)6-10-27(11-7-24)19-14-32-23(30)21(19)25/h2-3,20,28H,4-14H2,1H3/t20-/m0/s1. The average molecular weight is 461 g/mol. The first-order valence-corrected chi connectivity index (χ1v) is 11.8. The number of likely N-dealkylation sites (tertiary alicyclic amines) is 2. The molecule has 1 aromatic rings. The molecule has 0 saturated carbocycles. The zero-order valence-electron chi connectivity index (χ0n) is 18.4. The molecule has 2 saturated heterocycles. The van der Waals surface area contributed by atoms with Gasteiger partial charge in [-0.2, -0.15) is 0 Å². The molecule has 4 heterocycles. The Bertz CT molecular complexity index is 973. The van der Waals surface area contributed by atoms with Crippen molar-refractivity contribution in [3.63, 3.8) is 0 Å². The number of cyclic esters (lactones) is 2. The number of ether oxygens (including phenoxy) is 2. The molecule has 4 aliphatic heterocycles. The van der Waals surface area contributed by atoms with Crippen LogP contribution in [0.3, 0.4) is 0 Å². The zero-order chi connectivity index (χ0) is 22.5. The summed E-state index contributed by atoms with van der Waals surface area (Å²) in [6.07, 6.45) is 3.82. The van der Waals surface area contributed by atoms with Gasteiger partial charge in [0.2, 0.25) is 0 Å². The molecule has 7 nitrogen and oxygen atoms in total. The van der Waals surface area contributed by atoms with E-state index >= 15 is 0 Å². The summed E-state index contributed by atoms with van der Waals surface area (Å²) in [6.45, 7) is 6.88. The molecule has 0 radical (unpaired) electrons. The van der Waals surface area contributed by atoms with Crippen LogP contribution < -0.4 is 0 Å². The number of esters is 2. The van der Waals surface area contributed by atoms with E-state index < -0.39 is 12.1 Å². The van der Waals surface area contributed by atoms with Gasteiger partial charge in [-0.05, 0) is 68.3 Å². The van der Waals surface area contributed by atoms with Gasteiger partial charge in [0.15, 0.2) is 0 Å². The molecule has 172 valence electrons. The van der Waals surface area contributed by atoms with Gasteiger partial charge in [0.1, 0.15) is 18.2 Å². The predicted octanol–water partition coefficient (Wildman–Crippen LogP) is 2.88. The maximum atomic E-state index is 11.8. The molecule has 32 heavy (non-hydrogen) atoms. The van der Waals surface area contributed by atoms with Crippen LogP contribution in [0.5, 0.6) is 0 Å². The van der Waals surface area contributed by atoms with Crippen LogP contribution in [-0.4, -0.2) is 66.2 Å². The molecular formula is C24H29ClN2O5. The molecule has 2 fully saturated rings. The van der Waals surface area contributed by atoms with Crippen LogP contribution in [0.1, 0.15) is 58.8 Å². The first kappa shape index (κ1) is 21.7. The highest BCUT2D eigenvalue weighted by molar-refractivity contribution is 6.42. The highest BCUT2D eigenvalue weighted by Gasteiger charge is 2.40. The molecule has 5 rings (SSSR count). The van der Waals surface area contributed by atoms with E-state index in [4.69, 9.17) is 21.1 Å². The van der Waals surface area contributed by atoms with Crippen molar-refractivity contribution in [2.45, 2.75) is 45.3 Å². The molecule has 1 aromatic carbocycles. The van der Waals surface area contributed by atoms with Crippen molar-refractivity contribution in [1.29, 1.82) is 0 Å². The second-order valence-corrected chi connectivity index (χ2v) is 9.90. The lowest BCUT2D eigenvalue weighted by molar-refractivity contribution is -0.135. The molecule has 0 amide bonds. The molecule has 0 aliphatic carbocycles. The number of carbonyl (C=O) groups is 2. The van der Waals surface area contributed by atoms with Crippen LogP contribution >= 0.6 is 11.6 Å². The lowest BCUT2D eigenvalue weighted by atomic mass is 9.71. The van der Waals surface area contributed by atoms with Gasteiger partial charge in [0, 0.05) is 25.2 Å². The Morgan fingerprint density at radius 3 is 2.34 bits per heavy atom. The third-order valence-electron chi connectivity index (χ3n) is 7.89. The second-order valence-electron chi connectivity index (χ2n) is 9.52. The number of benzene rings is 1. The minimum atomic E-state index is -0.583. The number of halogens is 1. The molecule has 4 aliphatic rings. The normalized spacial score (nSPS) is 24.0. The molecule has 0 bridgehead atoms. The minimum absolute atomic E-state index is 0.238. The van der Waals surface area contributed by atoms with Gasteiger partial charge in [0.05, 0.1) is 17.4 Å². The van der Waals surface area contributed by atoms with Crippen LogP contribution in [0, 0.1) is 12.3 Å². The Hall–Kier alpha value is -2.09. The van der Waals surface area contributed by atoms with Crippen LogP contribution in [0.25, 0.3) is 0 Å². The molecule has 0 aromatic heterocycles. The van der Waals surface area contributed by atoms with Gasteiger partial charge in [-0.15, -0.1) is 0 Å². The van der Waals surface area contributed by atoms with Crippen LogP contribution in [0.4, 0.5) is 0 Å². The summed E-state index contributed by atoms with van der Waals surface area (Å²) in [5.41, 5.74) is 4.54. The van der Waals surface area contributed by atoms with E-state index in [1.165, 1.54) is 0 Å². The van der Waals surface area contributed by atoms with E-state index in [9.17, 15) is 14.7 Å². The van der Waals surface area contributed by atoms with Crippen LogP contribution in [0.2, 0.25) is 0 Å². The molecule has 8 heteroatoms. The molecule has 0 unspecified atom stereocenters. The number of hydrogen-bond donors (Lipinski definition) is 1. The quantitative estimate of drug-likeness (QED) is 0.692. The summed E-state index contributed by atoms with van der Waals surface area (Å²) in [5.74, 6) is -0.686. The molecule has 1 spiro atoms. The Morgan fingerprint density at radius 1 is 1.03 bits per heavy atom. The number of rotatable bonds is 4. The molecule has 1 atom stereocenters. The first-order chi connectivity index (χ1) is 15.4. The molecular weight excluding hydrogens is 432 g/mol. The lowest BCUT2D eigenvalue weighted by Gasteiger charge is -2.47. The van der Waals surface area contributed by atoms with Crippen molar-refractivity contribution in [1.82, 2.24) is 9.80 Å². The van der Waals surface area contributed by atoms with E-state index in [2.05, 4.69) is 9.80 Å².